The zero-order chi connectivity index (χ0) is 62.0. The summed E-state index contributed by atoms with van der Waals surface area (Å²) >= 11 is 2.21. The molecule has 0 aromatic heterocycles. The van der Waals surface area contributed by atoms with Crippen LogP contribution in [-0.4, -0.2) is 163 Å². The average molecular weight is 1210 g/mol. The Morgan fingerprint density at radius 1 is 0.634 bits per heavy atom. The number of carboxylic acids is 1. The highest BCUT2D eigenvalue weighted by Crippen LogP contribution is 2.24. The van der Waals surface area contributed by atoms with Gasteiger partial charge in [-0.15, -0.1) is 15.6 Å². The lowest BCUT2D eigenvalue weighted by molar-refractivity contribution is -0.143. The fourth-order valence-corrected chi connectivity index (χ4v) is 9.85. The van der Waals surface area contributed by atoms with Gasteiger partial charge in [0, 0.05) is 23.6 Å². The first kappa shape index (κ1) is 71.5. The molecule has 0 aliphatic carbocycles. The van der Waals surface area contributed by atoms with Gasteiger partial charge in [-0.3, -0.25) is 43.8 Å². The standard InChI is InChI=1S/C53H83FN12O13S3/c1-28(2)23-38(47(71)62-39(25-33-15-11-10-12-16-33)48(72)64-40(52(76)77)24-29(3)4)63-51(75)43(32(8)67)66-46(70)36(19-14-21-58-53(56)57)60-49(73)41(27-81-34-17-13-18-35(26-34)82(54,78)79)65-44(68)31(7)59-45(69)37(20-22-80-9)61-50(74)42(55)30(5)6/h10-13,15-18,26,28-32,36-43,67H,14,19-25,27,55H2,1-9H3,(H,59,69)(H,60,73)(H,61,74)(H,62,71)(H,63,75)(H,64,72)(H,65,68)(H,66,70)(H,76,77)(H4,56,57,58)/t31-,32+,36-,37-,38-,39-,40-,41-,42-,43-/m0/s1. The van der Waals surface area contributed by atoms with Gasteiger partial charge in [0.1, 0.15) is 48.3 Å². The molecule has 0 fully saturated rings. The Hall–Kier alpha value is -6.56. The van der Waals surface area contributed by atoms with E-state index in [1.54, 1.807) is 78.1 Å². The summed E-state index contributed by atoms with van der Waals surface area (Å²) in [6, 6.07) is 0.837. The quantitative estimate of drug-likeness (QED) is 0.0142. The molecule has 0 heterocycles. The van der Waals surface area contributed by atoms with Crippen LogP contribution in [0.3, 0.4) is 0 Å². The van der Waals surface area contributed by atoms with E-state index >= 15 is 0 Å². The first-order valence-corrected chi connectivity index (χ1v) is 30.5. The van der Waals surface area contributed by atoms with Gasteiger partial charge < -0.3 is 69.5 Å². The molecule has 458 valence electrons. The molecular weight excluding hydrogens is 1130 g/mol. The van der Waals surface area contributed by atoms with E-state index in [9.17, 15) is 65.7 Å². The van der Waals surface area contributed by atoms with Crippen LogP contribution in [0.25, 0.3) is 0 Å². The first-order valence-electron chi connectivity index (χ1n) is 26.7. The molecule has 0 spiro atoms. The second kappa shape index (κ2) is 35.4. The number of halogens is 1. The largest absolute Gasteiger partial charge is 0.480 e. The van der Waals surface area contributed by atoms with Crippen molar-refractivity contribution in [1.82, 2.24) is 47.9 Å². The van der Waals surface area contributed by atoms with Crippen LogP contribution in [-0.2, 0) is 59.8 Å². The van der Waals surface area contributed by atoms with Crippen LogP contribution in [0.15, 0.2) is 64.4 Å². The van der Waals surface area contributed by atoms with Gasteiger partial charge in [0.2, 0.25) is 47.3 Å². The molecule has 0 bridgehead atoms. The molecule has 0 radical (unpaired) electrons. The van der Waals surface area contributed by atoms with E-state index in [-0.39, 0.29) is 67.7 Å². The average Bonchev–Trinajstić information content (AvgIpc) is 3.41. The molecule has 2 aromatic carbocycles. The minimum absolute atomic E-state index is 0.00211. The number of amides is 8. The van der Waals surface area contributed by atoms with E-state index in [4.69, 9.17) is 16.9 Å². The number of hydrogen-bond acceptors (Lipinski definition) is 16. The Bertz CT molecular complexity index is 2600. The molecule has 2 aromatic rings. The molecule has 0 unspecified atom stereocenters. The minimum Gasteiger partial charge on any atom is -0.480 e. The SMILES string of the molecule is CSCC[C@H](NC(=O)[C@@H](N)C(C)C)C(=O)N[C@@H](C)C(=O)N[C@@H](CSc1cccc(S(=O)(=O)F)c1)C(=O)N[C@@H](CCCNC(=N)N)C(=O)N[C@H](C(=O)N[C@@H](CC(C)C)C(=O)N[C@@H](Cc1ccccc1)C(=O)N[C@@H](CC(C)C)C(=O)O)[C@@H](C)O. The number of hydrogen-bond donors (Lipinski definition) is 14. The topological polar surface area (TPSA) is 412 Å². The Labute approximate surface area is 487 Å². The molecule has 25 nitrogen and oxygen atoms in total. The number of nitrogens with one attached hydrogen (secondary N) is 10. The number of guanidine groups is 1. The first-order chi connectivity index (χ1) is 38.3. The molecular formula is C53H83FN12O13S3. The fraction of sp³-hybridized carbons (Fsp3) is 0.585. The summed E-state index contributed by atoms with van der Waals surface area (Å²) in [7, 11) is -5.17. The van der Waals surface area contributed by atoms with Gasteiger partial charge in [0.25, 0.3) is 0 Å². The maximum atomic E-state index is 14.4. The predicted molar refractivity (Wildman–Crippen MR) is 310 cm³/mol. The summed E-state index contributed by atoms with van der Waals surface area (Å²) in [5.74, 6) is -9.35. The smallest absolute Gasteiger partial charge is 0.332 e. The molecule has 2 rings (SSSR count). The summed E-state index contributed by atoms with van der Waals surface area (Å²) in [5, 5.41) is 51.4. The number of nitrogens with two attached hydrogens (primary N) is 2. The van der Waals surface area contributed by atoms with Crippen LogP contribution in [0.5, 0.6) is 0 Å². The Kier molecular flexibility index (Phi) is 30.9. The predicted octanol–water partition coefficient (Wildman–Crippen LogP) is 0.135. The summed E-state index contributed by atoms with van der Waals surface area (Å²) < 4.78 is 37.6. The second-order valence-corrected chi connectivity index (χ2v) is 24.3. The molecule has 0 aliphatic rings. The molecule has 0 saturated carbocycles. The van der Waals surface area contributed by atoms with E-state index in [0.717, 1.165) is 23.9 Å². The third-order valence-electron chi connectivity index (χ3n) is 12.4. The zero-order valence-corrected chi connectivity index (χ0v) is 50.2. The molecule has 8 amide bonds. The summed E-state index contributed by atoms with van der Waals surface area (Å²) in [5.41, 5.74) is 12.1. The molecule has 82 heavy (non-hydrogen) atoms. The third kappa shape index (κ3) is 26.1. The lowest BCUT2D eigenvalue weighted by Gasteiger charge is -2.29. The van der Waals surface area contributed by atoms with Crippen molar-refractivity contribution in [3.63, 3.8) is 0 Å². The van der Waals surface area contributed by atoms with Crippen LogP contribution in [0.2, 0.25) is 0 Å². The lowest BCUT2D eigenvalue weighted by Crippen LogP contribution is -2.62. The van der Waals surface area contributed by atoms with Crippen molar-refractivity contribution in [3.05, 3.63) is 60.2 Å². The van der Waals surface area contributed by atoms with Gasteiger partial charge >= 0.3 is 16.2 Å². The number of carbonyl (C=O) groups excluding carboxylic acids is 8. The molecule has 0 saturated heterocycles. The van der Waals surface area contributed by atoms with Crippen molar-refractivity contribution in [2.24, 2.45) is 29.2 Å². The molecule has 16 N–H and O–H groups in total. The number of thioether (sulfide) groups is 2. The van der Waals surface area contributed by atoms with E-state index in [1.807, 2.05) is 0 Å². The maximum Gasteiger partial charge on any atom is 0.332 e. The number of aliphatic hydroxyl groups excluding tert-OH is 1. The Morgan fingerprint density at radius 3 is 1.71 bits per heavy atom. The number of benzene rings is 2. The van der Waals surface area contributed by atoms with Gasteiger partial charge in [-0.25, -0.2) is 4.79 Å². The maximum absolute atomic E-state index is 14.4. The van der Waals surface area contributed by atoms with Crippen molar-refractivity contribution in [1.29, 1.82) is 5.41 Å². The number of aliphatic carboxylic acids is 1. The Balaban J connectivity index is 2.54. The van der Waals surface area contributed by atoms with Crippen LogP contribution < -0.4 is 59.3 Å². The van der Waals surface area contributed by atoms with Crippen LogP contribution in [0, 0.1) is 23.2 Å². The van der Waals surface area contributed by atoms with Crippen molar-refractivity contribution >= 4 is 92.9 Å². The highest BCUT2D eigenvalue weighted by atomic mass is 32.3. The van der Waals surface area contributed by atoms with Gasteiger partial charge in [-0.05, 0) is 99.5 Å². The van der Waals surface area contributed by atoms with E-state index < -0.39 is 141 Å². The van der Waals surface area contributed by atoms with E-state index in [0.29, 0.717) is 11.3 Å². The fourth-order valence-electron chi connectivity index (χ4n) is 7.82. The van der Waals surface area contributed by atoms with Crippen molar-refractivity contribution in [3.8, 4) is 0 Å². The lowest BCUT2D eigenvalue weighted by atomic mass is 9.99. The third-order valence-corrected chi connectivity index (χ3v) is 15.0. The minimum atomic E-state index is -5.17. The van der Waals surface area contributed by atoms with Gasteiger partial charge in [-0.2, -0.15) is 20.2 Å². The number of carboxylic acid groups (broad SMARTS) is 1. The van der Waals surface area contributed by atoms with E-state index in [2.05, 4.69) is 47.9 Å². The summed E-state index contributed by atoms with van der Waals surface area (Å²) in [6.45, 7) is 13.0. The summed E-state index contributed by atoms with van der Waals surface area (Å²) in [4.78, 5) is 123. The van der Waals surface area contributed by atoms with E-state index in [1.165, 1.54) is 37.7 Å². The highest BCUT2D eigenvalue weighted by Gasteiger charge is 2.36. The highest BCUT2D eigenvalue weighted by molar-refractivity contribution is 7.99. The molecule has 0 aliphatic heterocycles. The number of carbonyl (C=O) groups is 9. The number of aliphatic hydroxyl groups is 1. The van der Waals surface area contributed by atoms with Crippen LogP contribution in [0.1, 0.15) is 93.1 Å². The van der Waals surface area contributed by atoms with Gasteiger partial charge in [0.05, 0.1) is 17.0 Å². The zero-order valence-electron chi connectivity index (χ0n) is 47.7. The normalized spacial score (nSPS) is 15.2. The van der Waals surface area contributed by atoms with Crippen molar-refractivity contribution in [2.75, 3.05) is 24.3 Å². The van der Waals surface area contributed by atoms with Crippen molar-refractivity contribution in [2.45, 2.75) is 164 Å². The van der Waals surface area contributed by atoms with Gasteiger partial charge in [-0.1, -0.05) is 77.9 Å². The monoisotopic (exact) mass is 1210 g/mol. The summed E-state index contributed by atoms with van der Waals surface area (Å²) in [6.07, 6.45) is 0.116. The Morgan fingerprint density at radius 2 is 1.15 bits per heavy atom. The molecule has 10 atom stereocenters. The van der Waals surface area contributed by atoms with Crippen LogP contribution in [0.4, 0.5) is 3.89 Å². The number of rotatable bonds is 36. The van der Waals surface area contributed by atoms with Gasteiger partial charge in [0.15, 0.2) is 5.96 Å². The molecule has 29 heteroatoms. The van der Waals surface area contributed by atoms with Crippen molar-refractivity contribution < 1.29 is 65.7 Å². The second-order valence-electron chi connectivity index (χ2n) is 20.9. The van der Waals surface area contributed by atoms with Crippen LogP contribution >= 0.6 is 23.5 Å².